The number of carbonyl (C=O) groups excluding carboxylic acids is 1. The minimum Gasteiger partial charge on any atom is -0.493 e. The highest BCUT2D eigenvalue weighted by atomic mass is 16.5. The van der Waals surface area contributed by atoms with E-state index in [4.69, 9.17) is 9.47 Å². The van der Waals surface area contributed by atoms with Crippen molar-refractivity contribution in [3.8, 4) is 5.75 Å². The predicted octanol–water partition coefficient (Wildman–Crippen LogP) is 2.97. The molecule has 1 aliphatic heterocycles. The van der Waals surface area contributed by atoms with Crippen molar-refractivity contribution in [2.24, 2.45) is 5.92 Å². The van der Waals surface area contributed by atoms with E-state index in [9.17, 15) is 4.79 Å². The van der Waals surface area contributed by atoms with Gasteiger partial charge in [0.05, 0.1) is 18.8 Å². The first kappa shape index (κ1) is 15.8. The number of nitrogens with zero attached hydrogens (tertiary/aromatic N) is 1. The summed E-state index contributed by atoms with van der Waals surface area (Å²) < 4.78 is 11.2. The molecule has 1 aliphatic rings. The average Bonchev–Trinajstić information content (AvgIpc) is 2.97. The smallest absolute Gasteiger partial charge is 0.257 e. The number of para-hydroxylation sites is 1. The number of amides is 1. The lowest BCUT2D eigenvalue weighted by molar-refractivity contribution is 0.0751. The highest BCUT2D eigenvalue weighted by Crippen LogP contribution is 2.24. The summed E-state index contributed by atoms with van der Waals surface area (Å²) in [7, 11) is 0. The van der Waals surface area contributed by atoms with E-state index in [0.29, 0.717) is 23.8 Å². The molecule has 0 saturated carbocycles. The number of rotatable bonds is 7. The van der Waals surface area contributed by atoms with Gasteiger partial charge in [-0.2, -0.15) is 0 Å². The second-order valence-corrected chi connectivity index (χ2v) is 5.41. The molecule has 2 rings (SSSR count). The van der Waals surface area contributed by atoms with Gasteiger partial charge in [-0.25, -0.2) is 0 Å². The molecule has 0 spiro atoms. The predicted molar refractivity (Wildman–Crippen MR) is 82.7 cm³/mol. The molecule has 0 N–H and O–H groups in total. The van der Waals surface area contributed by atoms with E-state index in [1.54, 1.807) is 0 Å². The van der Waals surface area contributed by atoms with Crippen LogP contribution in [0, 0.1) is 5.92 Å². The van der Waals surface area contributed by atoms with Crippen LogP contribution in [0.3, 0.4) is 0 Å². The summed E-state index contributed by atoms with van der Waals surface area (Å²) in [6, 6.07) is 7.48. The van der Waals surface area contributed by atoms with Crippen LogP contribution in [0.1, 0.15) is 37.0 Å². The van der Waals surface area contributed by atoms with Gasteiger partial charge < -0.3 is 14.4 Å². The van der Waals surface area contributed by atoms with Crippen LogP contribution >= 0.6 is 0 Å². The zero-order valence-electron chi connectivity index (χ0n) is 13.0. The summed E-state index contributed by atoms with van der Waals surface area (Å²) in [5.74, 6) is 1.20. The summed E-state index contributed by atoms with van der Waals surface area (Å²) in [6.45, 7) is 7.75. The molecule has 1 aromatic carbocycles. The Morgan fingerprint density at radius 1 is 1.33 bits per heavy atom. The van der Waals surface area contributed by atoms with Crippen molar-refractivity contribution < 1.29 is 14.3 Å². The molecule has 0 aromatic heterocycles. The average molecular weight is 291 g/mol. The molecule has 0 radical (unpaired) electrons. The molecule has 1 heterocycles. The fourth-order valence-corrected chi connectivity index (χ4v) is 2.64. The third-order valence-electron chi connectivity index (χ3n) is 3.69. The lowest BCUT2D eigenvalue weighted by Gasteiger charge is -2.18. The van der Waals surface area contributed by atoms with E-state index in [-0.39, 0.29) is 5.91 Å². The normalized spacial score (nSPS) is 18.0. The number of ether oxygens (including phenoxy) is 2. The molecule has 1 aromatic rings. The van der Waals surface area contributed by atoms with Crippen LogP contribution in [0.4, 0.5) is 0 Å². The van der Waals surface area contributed by atoms with Crippen molar-refractivity contribution in [1.82, 2.24) is 4.90 Å². The maximum absolute atomic E-state index is 12.6. The second kappa shape index (κ2) is 8.03. The van der Waals surface area contributed by atoms with E-state index in [0.717, 1.165) is 39.1 Å². The second-order valence-electron chi connectivity index (χ2n) is 5.41. The van der Waals surface area contributed by atoms with Gasteiger partial charge in [0.25, 0.3) is 5.91 Å². The Hall–Kier alpha value is -1.55. The van der Waals surface area contributed by atoms with Crippen molar-refractivity contribution in [2.45, 2.75) is 26.7 Å². The third-order valence-corrected chi connectivity index (χ3v) is 3.69. The first-order chi connectivity index (χ1) is 10.3. The molecule has 1 amide bonds. The summed E-state index contributed by atoms with van der Waals surface area (Å²) in [6.07, 6.45) is 2.06. The standard InChI is InChI=1S/C17H25NO3/c1-3-11-20-13-14-9-10-18(12-14)17(19)15-7-5-6-8-16(15)21-4-2/h5-8,14H,3-4,9-13H2,1-2H3/t14-/m1/s1. The van der Waals surface area contributed by atoms with Gasteiger partial charge in [-0.15, -0.1) is 0 Å². The fourth-order valence-electron chi connectivity index (χ4n) is 2.64. The number of likely N-dealkylation sites (tertiary alicyclic amines) is 1. The molecular formula is C17H25NO3. The van der Waals surface area contributed by atoms with Gasteiger partial charge >= 0.3 is 0 Å². The minimum atomic E-state index is 0.0667. The van der Waals surface area contributed by atoms with Gasteiger partial charge in [0.2, 0.25) is 0 Å². The molecule has 1 saturated heterocycles. The summed E-state index contributed by atoms with van der Waals surface area (Å²) in [4.78, 5) is 14.5. The number of hydrogen-bond donors (Lipinski definition) is 0. The Bertz CT molecular complexity index is 461. The molecule has 4 heteroatoms. The highest BCUT2D eigenvalue weighted by Gasteiger charge is 2.28. The first-order valence-corrected chi connectivity index (χ1v) is 7.85. The van der Waals surface area contributed by atoms with Crippen LogP contribution in [0.25, 0.3) is 0 Å². The molecule has 0 bridgehead atoms. The van der Waals surface area contributed by atoms with E-state index in [1.165, 1.54) is 0 Å². The Morgan fingerprint density at radius 2 is 2.14 bits per heavy atom. The minimum absolute atomic E-state index is 0.0667. The van der Waals surface area contributed by atoms with Gasteiger partial charge in [-0.05, 0) is 31.9 Å². The molecule has 0 unspecified atom stereocenters. The lowest BCUT2D eigenvalue weighted by Crippen LogP contribution is -2.29. The zero-order valence-corrected chi connectivity index (χ0v) is 13.0. The van der Waals surface area contributed by atoms with Gasteiger partial charge in [0.1, 0.15) is 5.75 Å². The van der Waals surface area contributed by atoms with E-state index < -0.39 is 0 Å². The van der Waals surface area contributed by atoms with E-state index in [2.05, 4.69) is 6.92 Å². The van der Waals surface area contributed by atoms with Gasteiger partial charge in [0.15, 0.2) is 0 Å². The van der Waals surface area contributed by atoms with Crippen molar-refractivity contribution >= 4 is 5.91 Å². The van der Waals surface area contributed by atoms with Gasteiger partial charge in [0, 0.05) is 25.6 Å². The van der Waals surface area contributed by atoms with Crippen molar-refractivity contribution in [2.75, 3.05) is 32.9 Å². The van der Waals surface area contributed by atoms with Crippen molar-refractivity contribution in [3.05, 3.63) is 29.8 Å². The van der Waals surface area contributed by atoms with Crippen molar-refractivity contribution in [1.29, 1.82) is 0 Å². The van der Waals surface area contributed by atoms with Crippen LogP contribution in [0.2, 0.25) is 0 Å². The van der Waals surface area contributed by atoms with Crippen LogP contribution < -0.4 is 4.74 Å². The van der Waals surface area contributed by atoms with E-state index in [1.807, 2.05) is 36.1 Å². The van der Waals surface area contributed by atoms with Crippen LogP contribution in [0.5, 0.6) is 5.75 Å². The largest absolute Gasteiger partial charge is 0.493 e. The van der Waals surface area contributed by atoms with Crippen molar-refractivity contribution in [3.63, 3.8) is 0 Å². The summed E-state index contributed by atoms with van der Waals surface area (Å²) >= 11 is 0. The Balaban J connectivity index is 1.95. The van der Waals surface area contributed by atoms with Crippen LogP contribution in [-0.4, -0.2) is 43.7 Å². The summed E-state index contributed by atoms with van der Waals surface area (Å²) in [5, 5.41) is 0. The molecule has 0 aliphatic carbocycles. The lowest BCUT2D eigenvalue weighted by atomic mass is 10.1. The molecule has 1 atom stereocenters. The van der Waals surface area contributed by atoms with Crippen LogP contribution in [-0.2, 0) is 4.74 Å². The monoisotopic (exact) mass is 291 g/mol. The molecule has 1 fully saturated rings. The number of hydrogen-bond acceptors (Lipinski definition) is 3. The molecule has 4 nitrogen and oxygen atoms in total. The topological polar surface area (TPSA) is 38.8 Å². The van der Waals surface area contributed by atoms with E-state index >= 15 is 0 Å². The maximum Gasteiger partial charge on any atom is 0.257 e. The molecule has 116 valence electrons. The van der Waals surface area contributed by atoms with Gasteiger partial charge in [-0.1, -0.05) is 19.1 Å². The highest BCUT2D eigenvalue weighted by molar-refractivity contribution is 5.97. The third kappa shape index (κ3) is 4.21. The number of benzene rings is 1. The Kier molecular flexibility index (Phi) is 6.05. The number of carbonyl (C=O) groups is 1. The summed E-state index contributed by atoms with van der Waals surface area (Å²) in [5.41, 5.74) is 0.662. The van der Waals surface area contributed by atoms with Crippen LogP contribution in [0.15, 0.2) is 24.3 Å². The molecule has 21 heavy (non-hydrogen) atoms. The first-order valence-electron chi connectivity index (χ1n) is 7.85. The Labute approximate surface area is 127 Å². The maximum atomic E-state index is 12.6. The zero-order chi connectivity index (χ0) is 15.1. The van der Waals surface area contributed by atoms with Gasteiger partial charge in [-0.3, -0.25) is 4.79 Å². The fraction of sp³-hybridized carbons (Fsp3) is 0.588. The Morgan fingerprint density at radius 3 is 2.90 bits per heavy atom. The molecular weight excluding hydrogens is 266 g/mol. The quantitative estimate of drug-likeness (QED) is 0.725. The SMILES string of the molecule is CCCOC[C@@H]1CCN(C(=O)c2ccccc2OCC)C1.